The van der Waals surface area contributed by atoms with Gasteiger partial charge in [-0.3, -0.25) is 0 Å². The van der Waals surface area contributed by atoms with E-state index in [0.29, 0.717) is 6.61 Å². The molecule has 0 aromatic carbocycles. The van der Waals surface area contributed by atoms with Crippen molar-refractivity contribution in [2.75, 3.05) is 19.0 Å². The van der Waals surface area contributed by atoms with Gasteiger partial charge in [-0.1, -0.05) is 11.3 Å². The Kier molecular flexibility index (Phi) is 3.22. The van der Waals surface area contributed by atoms with E-state index < -0.39 is 0 Å². The number of nitrogens with zero attached hydrogens (tertiary/aromatic N) is 2. The summed E-state index contributed by atoms with van der Waals surface area (Å²) in [6.07, 6.45) is 0. The first-order chi connectivity index (χ1) is 6.03. The van der Waals surface area contributed by atoms with Crippen molar-refractivity contribution in [3.63, 3.8) is 0 Å². The number of rotatable bonds is 4. The predicted molar refractivity (Wildman–Crippen MR) is 54.2 cm³/mol. The molecule has 0 atom stereocenters. The van der Waals surface area contributed by atoms with Crippen molar-refractivity contribution in [1.29, 1.82) is 0 Å². The lowest BCUT2D eigenvalue weighted by Crippen LogP contribution is -2.35. The summed E-state index contributed by atoms with van der Waals surface area (Å²) < 4.78 is 5.08. The van der Waals surface area contributed by atoms with Crippen molar-refractivity contribution in [2.24, 2.45) is 0 Å². The van der Waals surface area contributed by atoms with E-state index in [2.05, 4.69) is 29.4 Å². The monoisotopic (exact) mass is 201 g/mol. The third kappa shape index (κ3) is 3.28. The summed E-state index contributed by atoms with van der Waals surface area (Å²) in [5, 5.41) is 13.0. The van der Waals surface area contributed by atoms with Crippen LogP contribution in [-0.2, 0) is 4.74 Å². The molecule has 1 aromatic heterocycles. The first-order valence-electron chi connectivity index (χ1n) is 4.11. The third-order valence-electron chi connectivity index (χ3n) is 1.48. The molecule has 1 aromatic rings. The highest BCUT2D eigenvalue weighted by molar-refractivity contribution is 7.15. The molecule has 5 heteroatoms. The van der Waals surface area contributed by atoms with E-state index in [1.807, 2.05) is 6.92 Å². The van der Waals surface area contributed by atoms with E-state index in [-0.39, 0.29) is 5.54 Å². The van der Waals surface area contributed by atoms with Crippen LogP contribution in [0.3, 0.4) is 0 Å². The Morgan fingerprint density at radius 2 is 2.15 bits per heavy atom. The van der Waals surface area contributed by atoms with Crippen LogP contribution in [0, 0.1) is 6.92 Å². The molecule has 0 fully saturated rings. The Hall–Kier alpha value is -0.680. The molecule has 0 aliphatic rings. The first kappa shape index (κ1) is 10.4. The number of aryl methyl sites for hydroxylation is 1. The van der Waals surface area contributed by atoms with Gasteiger partial charge in [0.05, 0.1) is 12.1 Å². The molecule has 1 heterocycles. The topological polar surface area (TPSA) is 47.0 Å². The molecular formula is C8H15N3OS. The number of nitrogens with one attached hydrogen (secondary N) is 1. The number of anilines is 1. The number of ether oxygens (including phenoxy) is 1. The average molecular weight is 201 g/mol. The van der Waals surface area contributed by atoms with Gasteiger partial charge in [0, 0.05) is 7.11 Å². The molecule has 0 unspecified atom stereocenters. The highest BCUT2D eigenvalue weighted by Gasteiger charge is 2.18. The molecule has 0 aliphatic carbocycles. The van der Waals surface area contributed by atoms with Crippen LogP contribution < -0.4 is 5.32 Å². The van der Waals surface area contributed by atoms with Crippen molar-refractivity contribution in [1.82, 2.24) is 10.2 Å². The van der Waals surface area contributed by atoms with E-state index in [4.69, 9.17) is 4.74 Å². The normalized spacial score (nSPS) is 11.7. The summed E-state index contributed by atoms with van der Waals surface area (Å²) in [6.45, 7) is 6.71. The minimum atomic E-state index is -0.0965. The number of methoxy groups -OCH3 is 1. The fourth-order valence-corrected chi connectivity index (χ4v) is 1.80. The Morgan fingerprint density at radius 3 is 2.62 bits per heavy atom. The van der Waals surface area contributed by atoms with E-state index >= 15 is 0 Å². The van der Waals surface area contributed by atoms with Crippen molar-refractivity contribution in [3.05, 3.63) is 5.01 Å². The third-order valence-corrected chi connectivity index (χ3v) is 2.23. The summed E-state index contributed by atoms with van der Waals surface area (Å²) in [4.78, 5) is 0. The van der Waals surface area contributed by atoms with Crippen LogP contribution in [0.1, 0.15) is 18.9 Å². The molecule has 4 nitrogen and oxygen atoms in total. The minimum absolute atomic E-state index is 0.0965. The molecule has 0 amide bonds. The van der Waals surface area contributed by atoms with Crippen LogP contribution in [0.2, 0.25) is 0 Å². The van der Waals surface area contributed by atoms with Crippen LogP contribution in [-0.4, -0.2) is 29.5 Å². The molecule has 0 saturated heterocycles. The van der Waals surface area contributed by atoms with Crippen LogP contribution >= 0.6 is 11.3 Å². The van der Waals surface area contributed by atoms with E-state index in [9.17, 15) is 0 Å². The Labute approximate surface area is 82.3 Å². The zero-order chi connectivity index (χ0) is 9.90. The van der Waals surface area contributed by atoms with Gasteiger partial charge in [-0.2, -0.15) is 0 Å². The Balaban J connectivity index is 2.57. The maximum Gasteiger partial charge on any atom is 0.206 e. The second kappa shape index (κ2) is 4.02. The van der Waals surface area contributed by atoms with Gasteiger partial charge in [-0.05, 0) is 20.8 Å². The zero-order valence-corrected chi connectivity index (χ0v) is 9.23. The van der Waals surface area contributed by atoms with Crippen molar-refractivity contribution >= 4 is 16.5 Å². The van der Waals surface area contributed by atoms with E-state index in [1.54, 1.807) is 18.4 Å². The van der Waals surface area contributed by atoms with Crippen molar-refractivity contribution < 1.29 is 4.74 Å². The highest BCUT2D eigenvalue weighted by Crippen LogP contribution is 2.18. The van der Waals surface area contributed by atoms with Crippen LogP contribution in [0.25, 0.3) is 0 Å². The standard InChI is InChI=1S/C8H15N3OS/c1-6-10-11-7(13-6)9-8(2,3)5-12-4/h5H2,1-4H3,(H,9,11). The molecule has 1 rings (SSSR count). The van der Waals surface area contributed by atoms with E-state index in [0.717, 1.165) is 10.1 Å². The molecular weight excluding hydrogens is 186 g/mol. The van der Waals surface area contributed by atoms with Gasteiger partial charge in [-0.25, -0.2) is 0 Å². The summed E-state index contributed by atoms with van der Waals surface area (Å²) in [5.74, 6) is 0. The average Bonchev–Trinajstić information content (AvgIpc) is 2.34. The minimum Gasteiger partial charge on any atom is -0.382 e. The smallest absolute Gasteiger partial charge is 0.206 e. The lowest BCUT2D eigenvalue weighted by molar-refractivity contribution is 0.158. The zero-order valence-electron chi connectivity index (χ0n) is 8.42. The lowest BCUT2D eigenvalue weighted by Gasteiger charge is -2.24. The summed E-state index contributed by atoms with van der Waals surface area (Å²) in [7, 11) is 1.69. The van der Waals surface area contributed by atoms with Gasteiger partial charge >= 0.3 is 0 Å². The summed E-state index contributed by atoms with van der Waals surface area (Å²) in [5.41, 5.74) is -0.0965. The molecule has 74 valence electrons. The fourth-order valence-electron chi connectivity index (χ4n) is 1.03. The molecule has 0 spiro atoms. The second-order valence-corrected chi connectivity index (χ2v) is 4.75. The van der Waals surface area contributed by atoms with Crippen LogP contribution in [0.15, 0.2) is 0 Å². The predicted octanol–water partition coefficient (Wildman–Crippen LogP) is 1.68. The number of hydrogen-bond acceptors (Lipinski definition) is 5. The molecule has 1 N–H and O–H groups in total. The van der Waals surface area contributed by atoms with Crippen molar-refractivity contribution in [2.45, 2.75) is 26.3 Å². The van der Waals surface area contributed by atoms with Crippen LogP contribution in [0.5, 0.6) is 0 Å². The largest absolute Gasteiger partial charge is 0.382 e. The molecule has 0 aliphatic heterocycles. The number of hydrogen-bond donors (Lipinski definition) is 1. The molecule has 0 radical (unpaired) electrons. The van der Waals surface area contributed by atoms with Gasteiger partial charge in [-0.15, -0.1) is 10.2 Å². The number of aromatic nitrogens is 2. The second-order valence-electron chi connectivity index (χ2n) is 3.57. The van der Waals surface area contributed by atoms with Gasteiger partial charge in [0.2, 0.25) is 5.13 Å². The fraction of sp³-hybridized carbons (Fsp3) is 0.750. The molecule has 0 bridgehead atoms. The summed E-state index contributed by atoms with van der Waals surface area (Å²) in [6, 6.07) is 0. The molecule has 13 heavy (non-hydrogen) atoms. The SMILES string of the molecule is COCC(C)(C)Nc1nnc(C)s1. The molecule has 0 saturated carbocycles. The van der Waals surface area contributed by atoms with Crippen LogP contribution in [0.4, 0.5) is 5.13 Å². The first-order valence-corrected chi connectivity index (χ1v) is 4.92. The van der Waals surface area contributed by atoms with Gasteiger partial charge in [0.1, 0.15) is 5.01 Å². The summed E-state index contributed by atoms with van der Waals surface area (Å²) >= 11 is 1.55. The van der Waals surface area contributed by atoms with Gasteiger partial charge in [0.25, 0.3) is 0 Å². The Morgan fingerprint density at radius 1 is 1.46 bits per heavy atom. The van der Waals surface area contributed by atoms with Crippen molar-refractivity contribution in [3.8, 4) is 0 Å². The maximum absolute atomic E-state index is 5.08. The Bertz CT molecular complexity index is 272. The van der Waals surface area contributed by atoms with Gasteiger partial charge < -0.3 is 10.1 Å². The highest BCUT2D eigenvalue weighted by atomic mass is 32.1. The lowest BCUT2D eigenvalue weighted by atomic mass is 10.1. The quantitative estimate of drug-likeness (QED) is 0.805. The maximum atomic E-state index is 5.08. The van der Waals surface area contributed by atoms with Gasteiger partial charge in [0.15, 0.2) is 0 Å². The van der Waals surface area contributed by atoms with E-state index in [1.165, 1.54) is 0 Å².